The highest BCUT2D eigenvalue weighted by Crippen LogP contribution is 2.16. The third-order valence-electron chi connectivity index (χ3n) is 4.78. The van der Waals surface area contributed by atoms with Gasteiger partial charge in [-0.25, -0.2) is 0 Å². The number of aryl methyl sites for hydroxylation is 3. The van der Waals surface area contributed by atoms with Gasteiger partial charge in [0.25, 0.3) is 0 Å². The fourth-order valence-corrected chi connectivity index (χ4v) is 3.22. The molecule has 0 saturated carbocycles. The van der Waals surface area contributed by atoms with E-state index in [-0.39, 0.29) is 5.54 Å². The van der Waals surface area contributed by atoms with Crippen LogP contribution in [0, 0.1) is 13.8 Å². The fourth-order valence-electron chi connectivity index (χ4n) is 3.22. The molecule has 0 aliphatic carbocycles. The summed E-state index contributed by atoms with van der Waals surface area (Å²) < 4.78 is 7.53. The number of hydrogen-bond donors (Lipinski definition) is 2. The van der Waals surface area contributed by atoms with Gasteiger partial charge < -0.3 is 15.4 Å². The molecule has 0 amide bonds. The average molecular weight is 365 g/mol. The maximum atomic E-state index is 5.46. The molecule has 1 aliphatic heterocycles. The number of hydrogen-bond acceptors (Lipinski definition) is 4. The summed E-state index contributed by atoms with van der Waals surface area (Å²) in [5, 5.41) is 11.3. The molecular formula is C19H36N6O. The number of nitrogens with one attached hydrogen (secondary N) is 2. The van der Waals surface area contributed by atoms with E-state index in [2.05, 4.69) is 59.1 Å². The van der Waals surface area contributed by atoms with Crippen molar-refractivity contribution in [2.24, 2.45) is 4.99 Å². The van der Waals surface area contributed by atoms with Crippen LogP contribution in [0.15, 0.2) is 11.1 Å². The van der Waals surface area contributed by atoms with Gasteiger partial charge in [-0.05, 0) is 47.1 Å². The minimum absolute atomic E-state index is 0.0375. The van der Waals surface area contributed by atoms with Gasteiger partial charge in [0.1, 0.15) is 0 Å². The Balaban J connectivity index is 1.80. The first kappa shape index (κ1) is 20.7. The van der Waals surface area contributed by atoms with Crippen molar-refractivity contribution in [3.8, 4) is 0 Å². The Morgan fingerprint density at radius 1 is 1.27 bits per heavy atom. The Labute approximate surface area is 158 Å². The van der Waals surface area contributed by atoms with E-state index in [4.69, 9.17) is 9.73 Å². The van der Waals surface area contributed by atoms with Crippen LogP contribution in [0.25, 0.3) is 0 Å². The lowest BCUT2D eigenvalue weighted by Gasteiger charge is -2.39. The largest absolute Gasteiger partial charge is 0.379 e. The zero-order chi connectivity index (χ0) is 19.0. The molecule has 0 unspecified atom stereocenters. The summed E-state index contributed by atoms with van der Waals surface area (Å²) in [6, 6.07) is 2.12. The third-order valence-corrected chi connectivity index (χ3v) is 4.78. The van der Waals surface area contributed by atoms with Crippen LogP contribution in [0.5, 0.6) is 0 Å². The molecule has 2 heterocycles. The van der Waals surface area contributed by atoms with Gasteiger partial charge in [0, 0.05) is 44.0 Å². The normalized spacial score (nSPS) is 16.7. The number of ether oxygens (including phenoxy) is 1. The van der Waals surface area contributed by atoms with E-state index in [0.29, 0.717) is 0 Å². The molecule has 1 aliphatic rings. The second-order valence-electron chi connectivity index (χ2n) is 7.54. The zero-order valence-electron chi connectivity index (χ0n) is 17.1. The summed E-state index contributed by atoms with van der Waals surface area (Å²) >= 11 is 0. The van der Waals surface area contributed by atoms with Crippen LogP contribution in [0.4, 0.5) is 0 Å². The molecule has 7 heteroatoms. The highest BCUT2D eigenvalue weighted by Gasteiger charge is 2.28. The first-order chi connectivity index (χ1) is 12.4. The molecule has 1 saturated heterocycles. The molecule has 1 aromatic rings. The third kappa shape index (κ3) is 6.29. The highest BCUT2D eigenvalue weighted by molar-refractivity contribution is 5.79. The first-order valence-corrected chi connectivity index (χ1v) is 9.78. The molecular weight excluding hydrogens is 328 g/mol. The summed E-state index contributed by atoms with van der Waals surface area (Å²) in [6.45, 7) is 17.8. The Morgan fingerprint density at radius 3 is 2.62 bits per heavy atom. The van der Waals surface area contributed by atoms with Gasteiger partial charge in [-0.3, -0.25) is 14.6 Å². The molecule has 1 fully saturated rings. The summed E-state index contributed by atoms with van der Waals surface area (Å²) in [4.78, 5) is 7.28. The highest BCUT2D eigenvalue weighted by atomic mass is 16.5. The van der Waals surface area contributed by atoms with Gasteiger partial charge in [-0.1, -0.05) is 0 Å². The van der Waals surface area contributed by atoms with Crippen molar-refractivity contribution in [2.45, 2.75) is 53.1 Å². The van der Waals surface area contributed by atoms with E-state index in [1.54, 1.807) is 0 Å². The van der Waals surface area contributed by atoms with Crippen LogP contribution in [-0.2, 0) is 11.3 Å². The van der Waals surface area contributed by atoms with E-state index >= 15 is 0 Å². The van der Waals surface area contributed by atoms with Gasteiger partial charge in [0.15, 0.2) is 5.96 Å². The average Bonchev–Trinajstić information content (AvgIpc) is 2.94. The van der Waals surface area contributed by atoms with E-state index in [9.17, 15) is 0 Å². The van der Waals surface area contributed by atoms with Crippen LogP contribution < -0.4 is 10.6 Å². The zero-order valence-corrected chi connectivity index (χ0v) is 17.1. The van der Waals surface area contributed by atoms with Crippen molar-refractivity contribution in [2.75, 3.05) is 45.9 Å². The maximum Gasteiger partial charge on any atom is 0.191 e. The topological polar surface area (TPSA) is 66.7 Å². The van der Waals surface area contributed by atoms with E-state index in [0.717, 1.165) is 70.6 Å². The minimum atomic E-state index is 0.0375. The number of nitrogens with zero attached hydrogens (tertiary/aromatic N) is 4. The van der Waals surface area contributed by atoms with E-state index < -0.39 is 0 Å². The Hall–Kier alpha value is -1.60. The van der Waals surface area contributed by atoms with Gasteiger partial charge in [0.05, 0.1) is 25.5 Å². The summed E-state index contributed by atoms with van der Waals surface area (Å²) in [7, 11) is 0. The lowest BCUT2D eigenvalue weighted by molar-refractivity contribution is -0.00683. The van der Waals surface area contributed by atoms with Crippen LogP contribution >= 0.6 is 0 Å². The molecule has 7 nitrogen and oxygen atoms in total. The fraction of sp³-hybridized carbons (Fsp3) is 0.789. The van der Waals surface area contributed by atoms with Crippen molar-refractivity contribution in [3.05, 3.63) is 17.5 Å². The molecule has 0 aromatic carbocycles. The van der Waals surface area contributed by atoms with Crippen LogP contribution in [0.2, 0.25) is 0 Å². The number of aromatic nitrogens is 2. The molecule has 1 aromatic heterocycles. The standard InChI is InChI=1S/C19H36N6O/c1-6-20-18(21-8-7-9-25-17(3)14-16(2)23-25)22-15-19(4,5)24-10-12-26-13-11-24/h14H,6-13,15H2,1-5H3,(H2,20,21,22). The molecule has 0 spiro atoms. The van der Waals surface area contributed by atoms with Gasteiger partial charge in [-0.2, -0.15) is 5.10 Å². The van der Waals surface area contributed by atoms with E-state index in [1.807, 2.05) is 6.92 Å². The summed E-state index contributed by atoms with van der Waals surface area (Å²) in [5.74, 6) is 0.891. The Morgan fingerprint density at radius 2 is 2.00 bits per heavy atom. The molecule has 148 valence electrons. The summed E-state index contributed by atoms with van der Waals surface area (Å²) in [5.41, 5.74) is 2.33. The SMILES string of the molecule is CCNC(=NCC(C)(C)N1CCOCC1)NCCCn1nc(C)cc1C. The predicted molar refractivity (Wildman–Crippen MR) is 107 cm³/mol. The van der Waals surface area contributed by atoms with Crippen LogP contribution in [-0.4, -0.2) is 72.1 Å². The Kier molecular flexibility index (Phi) is 7.90. The maximum absolute atomic E-state index is 5.46. The number of guanidine groups is 1. The van der Waals surface area contributed by atoms with Crippen LogP contribution in [0.3, 0.4) is 0 Å². The van der Waals surface area contributed by atoms with Crippen molar-refractivity contribution in [1.82, 2.24) is 25.3 Å². The minimum Gasteiger partial charge on any atom is -0.379 e. The first-order valence-electron chi connectivity index (χ1n) is 9.78. The lowest BCUT2D eigenvalue weighted by Crippen LogP contribution is -2.52. The molecule has 0 radical (unpaired) electrons. The monoisotopic (exact) mass is 364 g/mol. The smallest absolute Gasteiger partial charge is 0.191 e. The van der Waals surface area contributed by atoms with Crippen LogP contribution in [0.1, 0.15) is 38.6 Å². The Bertz CT molecular complexity index is 575. The predicted octanol–water partition coefficient (Wildman–Crippen LogP) is 1.56. The molecule has 0 atom stereocenters. The van der Waals surface area contributed by atoms with Gasteiger partial charge >= 0.3 is 0 Å². The van der Waals surface area contributed by atoms with E-state index in [1.165, 1.54) is 5.69 Å². The van der Waals surface area contributed by atoms with Crippen molar-refractivity contribution in [3.63, 3.8) is 0 Å². The quantitative estimate of drug-likeness (QED) is 0.416. The molecule has 0 bridgehead atoms. The number of rotatable bonds is 8. The second-order valence-corrected chi connectivity index (χ2v) is 7.54. The molecule has 2 rings (SSSR count). The molecule has 26 heavy (non-hydrogen) atoms. The van der Waals surface area contributed by atoms with Gasteiger partial charge in [-0.15, -0.1) is 0 Å². The lowest BCUT2D eigenvalue weighted by atomic mass is 10.0. The number of aliphatic imine (C=N–C) groups is 1. The van der Waals surface area contributed by atoms with Crippen molar-refractivity contribution < 1.29 is 4.74 Å². The van der Waals surface area contributed by atoms with Crippen molar-refractivity contribution in [1.29, 1.82) is 0 Å². The molecule has 2 N–H and O–H groups in total. The number of morpholine rings is 1. The van der Waals surface area contributed by atoms with Gasteiger partial charge in [0.2, 0.25) is 0 Å². The van der Waals surface area contributed by atoms with Crippen molar-refractivity contribution >= 4 is 5.96 Å². The summed E-state index contributed by atoms with van der Waals surface area (Å²) in [6.07, 6.45) is 1.01. The second kappa shape index (κ2) is 9.92.